The molecule has 1 N–H and O–H groups in total. The van der Waals surface area contributed by atoms with Gasteiger partial charge in [0.25, 0.3) is 0 Å². The Morgan fingerprint density at radius 2 is 1.60 bits per heavy atom. The number of carbonyl (C=O) groups is 1. The molecule has 5 saturated carbocycles. The van der Waals surface area contributed by atoms with Crippen molar-refractivity contribution in [2.75, 3.05) is 0 Å². The van der Waals surface area contributed by atoms with Crippen LogP contribution in [0, 0.1) is 29.1 Å². The molecule has 2 unspecified atom stereocenters. The summed E-state index contributed by atoms with van der Waals surface area (Å²) in [4.78, 5) is 12.5. The predicted octanol–water partition coefficient (Wildman–Crippen LogP) is 4.50. The van der Waals surface area contributed by atoms with E-state index in [4.69, 9.17) is 0 Å². The van der Waals surface area contributed by atoms with E-state index in [1.807, 2.05) is 6.07 Å². The monoisotopic (exact) mass is 336 g/mol. The van der Waals surface area contributed by atoms with Crippen LogP contribution >= 0.6 is 0 Å². The van der Waals surface area contributed by atoms with Gasteiger partial charge in [-0.3, -0.25) is 4.79 Å². The Morgan fingerprint density at radius 3 is 2.20 bits per heavy atom. The van der Waals surface area contributed by atoms with Crippen molar-refractivity contribution < 1.29 is 4.79 Å². The van der Waals surface area contributed by atoms with Crippen molar-refractivity contribution in [3.05, 3.63) is 35.9 Å². The smallest absolute Gasteiger partial charge is 0.243 e. The van der Waals surface area contributed by atoms with Crippen LogP contribution in [0.2, 0.25) is 0 Å². The predicted molar refractivity (Wildman–Crippen MR) is 99.1 cm³/mol. The van der Waals surface area contributed by atoms with Crippen molar-refractivity contribution >= 4 is 11.6 Å². The first-order chi connectivity index (χ1) is 12.1. The van der Waals surface area contributed by atoms with Crippen LogP contribution in [0.1, 0.15) is 63.4 Å². The largest absolute Gasteiger partial charge is 0.273 e. The van der Waals surface area contributed by atoms with E-state index in [1.165, 1.54) is 49.8 Å². The third-order valence-electron chi connectivity index (χ3n) is 7.49. The summed E-state index contributed by atoms with van der Waals surface area (Å²) < 4.78 is 0. The maximum absolute atomic E-state index is 12.5. The Bertz CT molecular complexity index is 673. The Hall–Kier alpha value is -1.64. The molecule has 0 heterocycles. The zero-order chi connectivity index (χ0) is 17.0. The lowest BCUT2D eigenvalue weighted by molar-refractivity contribution is -0.122. The van der Waals surface area contributed by atoms with Gasteiger partial charge in [-0.2, -0.15) is 5.10 Å². The summed E-state index contributed by atoms with van der Waals surface area (Å²) in [5.74, 6) is 3.35. The second-order valence-electron chi connectivity index (χ2n) is 9.23. The molecular formula is C22H28N2O. The number of nitrogens with one attached hydrogen (secondary N) is 1. The van der Waals surface area contributed by atoms with Crippen molar-refractivity contribution in [2.45, 2.75) is 57.8 Å². The molecule has 1 aromatic carbocycles. The van der Waals surface area contributed by atoms with Crippen molar-refractivity contribution in [3.63, 3.8) is 0 Å². The van der Waals surface area contributed by atoms with E-state index < -0.39 is 0 Å². The topological polar surface area (TPSA) is 41.5 Å². The fourth-order valence-electron chi connectivity index (χ4n) is 6.45. The molecule has 0 saturated heterocycles. The summed E-state index contributed by atoms with van der Waals surface area (Å²) in [6.45, 7) is 2.16. The average Bonchev–Trinajstić information content (AvgIpc) is 3.40. The third-order valence-corrected chi connectivity index (χ3v) is 7.49. The zero-order valence-corrected chi connectivity index (χ0v) is 15.1. The van der Waals surface area contributed by atoms with Gasteiger partial charge >= 0.3 is 0 Å². The normalized spacial score (nSPS) is 41.6. The summed E-state index contributed by atoms with van der Waals surface area (Å²) in [6, 6.07) is 10.4. The lowest BCUT2D eigenvalue weighted by Gasteiger charge is -2.56. The average molecular weight is 336 g/mol. The molecule has 0 aromatic heterocycles. The summed E-state index contributed by atoms with van der Waals surface area (Å²) >= 11 is 0. The minimum atomic E-state index is 0.107. The van der Waals surface area contributed by atoms with Gasteiger partial charge in [-0.1, -0.05) is 30.3 Å². The number of amides is 1. The highest BCUT2D eigenvalue weighted by Gasteiger charge is 2.52. The molecule has 5 fully saturated rings. The number of hydrazone groups is 1. The first-order valence-corrected chi connectivity index (χ1v) is 10.0. The standard InChI is InChI=1S/C22H28N2O/c1-14(22-11-15-7-16(12-22)9-17(8-15)13-22)23-24-21(25)20-10-19(20)18-5-3-2-4-6-18/h2-6,15-17,19-20H,7-13H2,1H3,(H,24,25)/b23-14-. The number of nitrogens with zero attached hydrogens (tertiary/aromatic N) is 1. The quantitative estimate of drug-likeness (QED) is 0.638. The minimum Gasteiger partial charge on any atom is -0.273 e. The van der Waals surface area contributed by atoms with Crippen molar-refractivity contribution in [1.29, 1.82) is 0 Å². The Labute approximate surface area is 150 Å². The van der Waals surface area contributed by atoms with Gasteiger partial charge in [0, 0.05) is 17.0 Å². The summed E-state index contributed by atoms with van der Waals surface area (Å²) in [7, 11) is 0. The van der Waals surface area contributed by atoms with Crippen LogP contribution in [-0.2, 0) is 4.79 Å². The van der Waals surface area contributed by atoms with E-state index in [1.54, 1.807) is 0 Å². The third kappa shape index (κ3) is 2.72. The summed E-state index contributed by atoms with van der Waals surface area (Å²) in [6.07, 6.45) is 9.21. The molecule has 5 aliphatic rings. The lowest BCUT2D eigenvalue weighted by atomic mass is 9.48. The Morgan fingerprint density at radius 1 is 1.00 bits per heavy atom. The van der Waals surface area contributed by atoms with Crippen LogP contribution in [0.25, 0.3) is 0 Å². The fraction of sp³-hybridized carbons (Fsp3) is 0.636. The molecule has 0 spiro atoms. The molecule has 25 heavy (non-hydrogen) atoms. The van der Waals surface area contributed by atoms with Gasteiger partial charge in [0.2, 0.25) is 5.91 Å². The van der Waals surface area contributed by atoms with Gasteiger partial charge in [-0.25, -0.2) is 5.43 Å². The summed E-state index contributed by atoms with van der Waals surface area (Å²) in [5, 5.41) is 4.62. The molecule has 1 amide bonds. The minimum absolute atomic E-state index is 0.107. The van der Waals surface area contributed by atoms with E-state index >= 15 is 0 Å². The maximum atomic E-state index is 12.5. The number of hydrogen-bond acceptors (Lipinski definition) is 2. The van der Waals surface area contributed by atoms with E-state index in [9.17, 15) is 4.79 Å². The fourth-order valence-corrected chi connectivity index (χ4v) is 6.45. The molecule has 4 bridgehead atoms. The SMILES string of the molecule is C/C(=N/NC(=O)C1CC1c1ccccc1)C12CC3CC(CC(C3)C1)C2. The number of hydrogen-bond donors (Lipinski definition) is 1. The Kier molecular flexibility index (Phi) is 3.55. The second kappa shape index (κ2) is 5.69. The van der Waals surface area contributed by atoms with E-state index in [0.29, 0.717) is 11.3 Å². The number of carbonyl (C=O) groups excluding carboxylic acids is 1. The zero-order valence-electron chi connectivity index (χ0n) is 15.1. The van der Waals surface area contributed by atoms with Gasteiger partial charge in [0.1, 0.15) is 0 Å². The molecule has 1 aromatic rings. The van der Waals surface area contributed by atoms with Crippen LogP contribution in [0.3, 0.4) is 0 Å². The van der Waals surface area contributed by atoms with Crippen molar-refractivity contribution in [1.82, 2.24) is 5.43 Å². The highest BCUT2D eigenvalue weighted by atomic mass is 16.2. The summed E-state index contributed by atoms with van der Waals surface area (Å²) in [5.41, 5.74) is 5.69. The first kappa shape index (κ1) is 15.6. The van der Waals surface area contributed by atoms with Crippen LogP contribution in [0.4, 0.5) is 0 Å². The molecule has 0 radical (unpaired) electrons. The van der Waals surface area contributed by atoms with Gasteiger partial charge in [-0.15, -0.1) is 0 Å². The number of rotatable bonds is 4. The molecular weight excluding hydrogens is 308 g/mol. The molecule has 3 heteroatoms. The van der Waals surface area contributed by atoms with Crippen molar-refractivity contribution in [2.24, 2.45) is 34.2 Å². The van der Waals surface area contributed by atoms with E-state index in [-0.39, 0.29) is 11.8 Å². The molecule has 2 atom stereocenters. The van der Waals surface area contributed by atoms with Crippen molar-refractivity contribution in [3.8, 4) is 0 Å². The Balaban J connectivity index is 1.24. The molecule has 3 nitrogen and oxygen atoms in total. The maximum Gasteiger partial charge on any atom is 0.243 e. The molecule has 0 aliphatic heterocycles. The van der Waals surface area contributed by atoms with Gasteiger partial charge in [0.05, 0.1) is 0 Å². The molecule has 5 aliphatic carbocycles. The van der Waals surface area contributed by atoms with E-state index in [0.717, 1.165) is 24.2 Å². The van der Waals surface area contributed by atoms with E-state index in [2.05, 4.69) is 41.7 Å². The molecule has 132 valence electrons. The number of benzene rings is 1. The van der Waals surface area contributed by atoms with Gasteiger partial charge in [-0.05, 0) is 81.1 Å². The second-order valence-corrected chi connectivity index (χ2v) is 9.23. The van der Waals surface area contributed by atoms with Crippen LogP contribution in [-0.4, -0.2) is 11.6 Å². The van der Waals surface area contributed by atoms with Gasteiger partial charge < -0.3 is 0 Å². The van der Waals surface area contributed by atoms with Crippen LogP contribution in [0.15, 0.2) is 35.4 Å². The highest BCUT2D eigenvalue weighted by molar-refractivity contribution is 5.90. The van der Waals surface area contributed by atoms with Gasteiger partial charge in [0.15, 0.2) is 0 Å². The molecule has 6 rings (SSSR count). The first-order valence-electron chi connectivity index (χ1n) is 10.0. The lowest BCUT2D eigenvalue weighted by Crippen LogP contribution is -2.49. The highest BCUT2D eigenvalue weighted by Crippen LogP contribution is 2.60. The van der Waals surface area contributed by atoms with Crippen LogP contribution in [0.5, 0.6) is 0 Å². The van der Waals surface area contributed by atoms with Crippen LogP contribution < -0.4 is 5.43 Å².